The molecule has 3 nitrogen and oxygen atoms in total. The maximum atomic E-state index is 12.2. The Morgan fingerprint density at radius 3 is 3.00 bits per heavy atom. The Morgan fingerprint density at radius 2 is 2.22 bits per heavy atom. The first kappa shape index (κ1) is 13.0. The van der Waals surface area contributed by atoms with Crippen LogP contribution in [0.15, 0.2) is 30.5 Å². The maximum absolute atomic E-state index is 12.2. The van der Waals surface area contributed by atoms with Gasteiger partial charge in [0.05, 0.1) is 5.56 Å². The molecule has 0 saturated heterocycles. The Balaban J connectivity index is 2.09. The average molecular weight is 262 g/mol. The molecule has 0 radical (unpaired) electrons. The van der Waals surface area contributed by atoms with E-state index in [1.807, 2.05) is 43.0 Å². The van der Waals surface area contributed by atoms with Crippen molar-refractivity contribution in [1.82, 2.24) is 10.3 Å². The molecule has 0 saturated carbocycles. The quantitative estimate of drug-likeness (QED) is 0.870. The number of benzene rings is 1. The van der Waals surface area contributed by atoms with Crippen molar-refractivity contribution in [3.05, 3.63) is 36.0 Å². The van der Waals surface area contributed by atoms with Crippen LogP contribution in [0.25, 0.3) is 10.9 Å². The van der Waals surface area contributed by atoms with Gasteiger partial charge in [-0.05, 0) is 18.7 Å². The van der Waals surface area contributed by atoms with Crippen molar-refractivity contribution in [1.29, 1.82) is 0 Å². The van der Waals surface area contributed by atoms with Crippen molar-refractivity contribution < 1.29 is 4.79 Å². The van der Waals surface area contributed by atoms with Gasteiger partial charge in [0, 0.05) is 28.9 Å². The summed E-state index contributed by atoms with van der Waals surface area (Å²) in [7, 11) is 0. The highest BCUT2D eigenvalue weighted by Crippen LogP contribution is 2.17. The van der Waals surface area contributed by atoms with Crippen LogP contribution in [-0.2, 0) is 0 Å². The third kappa shape index (κ3) is 2.88. The second-order valence-electron chi connectivity index (χ2n) is 4.28. The van der Waals surface area contributed by atoms with Crippen LogP contribution < -0.4 is 5.32 Å². The lowest BCUT2D eigenvalue weighted by atomic mass is 10.1. The number of nitrogens with one attached hydrogen (secondary N) is 2. The summed E-state index contributed by atoms with van der Waals surface area (Å²) in [5.41, 5.74) is 1.72. The van der Waals surface area contributed by atoms with E-state index < -0.39 is 0 Å². The van der Waals surface area contributed by atoms with Crippen LogP contribution in [0.3, 0.4) is 0 Å². The van der Waals surface area contributed by atoms with Gasteiger partial charge in [-0.25, -0.2) is 0 Å². The highest BCUT2D eigenvalue weighted by molar-refractivity contribution is 7.99. The molecule has 0 aliphatic rings. The highest BCUT2D eigenvalue weighted by atomic mass is 32.2. The molecule has 0 bridgehead atoms. The number of hydrogen-bond acceptors (Lipinski definition) is 2. The van der Waals surface area contributed by atoms with Gasteiger partial charge in [0.1, 0.15) is 0 Å². The average Bonchev–Trinajstić information content (AvgIpc) is 2.80. The van der Waals surface area contributed by atoms with Gasteiger partial charge < -0.3 is 10.3 Å². The molecule has 96 valence electrons. The van der Waals surface area contributed by atoms with Crippen LogP contribution in [-0.4, -0.2) is 28.4 Å². The normalized spacial score (nSPS) is 12.6. The summed E-state index contributed by atoms with van der Waals surface area (Å²) in [5, 5.41) is 4.01. The maximum Gasteiger partial charge on any atom is 0.253 e. The summed E-state index contributed by atoms with van der Waals surface area (Å²) in [4.78, 5) is 15.3. The molecular formula is C14H18N2OS. The van der Waals surface area contributed by atoms with Crippen LogP contribution in [0.1, 0.15) is 24.2 Å². The van der Waals surface area contributed by atoms with Crippen molar-refractivity contribution in [3.63, 3.8) is 0 Å². The van der Waals surface area contributed by atoms with Gasteiger partial charge in [0.15, 0.2) is 0 Å². The van der Waals surface area contributed by atoms with Crippen molar-refractivity contribution >= 4 is 28.6 Å². The van der Waals surface area contributed by atoms with Crippen molar-refractivity contribution in [2.75, 3.05) is 11.5 Å². The molecule has 2 N–H and O–H groups in total. The Labute approximate surface area is 111 Å². The third-order valence-corrected chi connectivity index (χ3v) is 3.93. The molecule has 1 unspecified atom stereocenters. The molecular weight excluding hydrogens is 244 g/mol. The number of para-hydroxylation sites is 1. The topological polar surface area (TPSA) is 44.9 Å². The lowest BCUT2D eigenvalue weighted by molar-refractivity contribution is 0.0945. The van der Waals surface area contributed by atoms with Crippen molar-refractivity contribution in [2.45, 2.75) is 19.9 Å². The zero-order valence-corrected chi connectivity index (χ0v) is 11.5. The Kier molecular flexibility index (Phi) is 4.31. The predicted molar refractivity (Wildman–Crippen MR) is 78.2 cm³/mol. The molecule has 1 heterocycles. The Hall–Kier alpha value is -1.42. The SMILES string of the molecule is CCSCC(C)NC(=O)c1c[nH]c2ccccc12. The standard InChI is InChI=1S/C14H18N2OS/c1-3-18-9-10(2)16-14(17)12-8-15-13-7-5-4-6-11(12)13/h4-8,10,15H,3,9H2,1-2H3,(H,16,17). The van der Waals surface area contributed by atoms with Crippen LogP contribution in [0, 0.1) is 0 Å². The molecule has 4 heteroatoms. The number of amides is 1. The molecule has 0 spiro atoms. The summed E-state index contributed by atoms with van der Waals surface area (Å²) in [5.74, 6) is 2.02. The van der Waals surface area contributed by atoms with Gasteiger partial charge in [0.2, 0.25) is 0 Å². The predicted octanol–water partition coefficient (Wildman–Crippen LogP) is 3.04. The first-order valence-electron chi connectivity index (χ1n) is 6.17. The van der Waals surface area contributed by atoms with Gasteiger partial charge in [0.25, 0.3) is 5.91 Å². The largest absolute Gasteiger partial charge is 0.360 e. The minimum absolute atomic E-state index is 0.00310. The second kappa shape index (κ2) is 5.96. The number of carbonyl (C=O) groups excluding carboxylic acids is 1. The van der Waals surface area contributed by atoms with E-state index in [2.05, 4.69) is 17.2 Å². The van der Waals surface area contributed by atoms with E-state index in [4.69, 9.17) is 0 Å². The summed E-state index contributed by atoms with van der Waals surface area (Å²) in [6.45, 7) is 4.16. The van der Waals surface area contributed by atoms with Crippen LogP contribution in [0.2, 0.25) is 0 Å². The van der Waals surface area contributed by atoms with Gasteiger partial charge >= 0.3 is 0 Å². The van der Waals surface area contributed by atoms with Crippen molar-refractivity contribution in [3.8, 4) is 0 Å². The number of fused-ring (bicyclic) bond motifs is 1. The number of aromatic nitrogens is 1. The third-order valence-electron chi connectivity index (χ3n) is 2.78. The molecule has 0 aliphatic heterocycles. The summed E-state index contributed by atoms with van der Waals surface area (Å²) in [6, 6.07) is 8.04. The second-order valence-corrected chi connectivity index (χ2v) is 5.60. The molecule has 0 fully saturated rings. The van der Waals surface area contributed by atoms with Gasteiger partial charge in [-0.2, -0.15) is 11.8 Å². The number of H-pyrrole nitrogens is 1. The number of hydrogen-bond donors (Lipinski definition) is 2. The molecule has 1 aromatic carbocycles. The smallest absolute Gasteiger partial charge is 0.253 e. The van der Waals surface area contributed by atoms with Gasteiger partial charge in [-0.1, -0.05) is 25.1 Å². The number of carbonyl (C=O) groups is 1. The number of aromatic amines is 1. The molecule has 18 heavy (non-hydrogen) atoms. The van der Waals surface area contributed by atoms with E-state index in [0.717, 1.165) is 28.0 Å². The minimum Gasteiger partial charge on any atom is -0.360 e. The van der Waals surface area contributed by atoms with E-state index in [9.17, 15) is 4.79 Å². The first-order chi connectivity index (χ1) is 8.72. The number of thioether (sulfide) groups is 1. The van der Waals surface area contributed by atoms with E-state index in [-0.39, 0.29) is 11.9 Å². The lowest BCUT2D eigenvalue weighted by Crippen LogP contribution is -2.34. The van der Waals surface area contributed by atoms with Crippen molar-refractivity contribution in [2.24, 2.45) is 0 Å². The zero-order chi connectivity index (χ0) is 13.0. The van der Waals surface area contributed by atoms with Gasteiger partial charge in [-0.15, -0.1) is 0 Å². The summed E-state index contributed by atoms with van der Waals surface area (Å²) in [6.07, 6.45) is 1.78. The van der Waals surface area contributed by atoms with E-state index in [0.29, 0.717) is 0 Å². The lowest BCUT2D eigenvalue weighted by Gasteiger charge is -2.12. The van der Waals surface area contributed by atoms with Crippen LogP contribution in [0.4, 0.5) is 0 Å². The fraction of sp³-hybridized carbons (Fsp3) is 0.357. The fourth-order valence-corrected chi connectivity index (χ4v) is 2.57. The first-order valence-corrected chi connectivity index (χ1v) is 7.32. The van der Waals surface area contributed by atoms with Crippen LogP contribution >= 0.6 is 11.8 Å². The Morgan fingerprint density at radius 1 is 1.44 bits per heavy atom. The molecule has 0 aliphatic carbocycles. The molecule has 2 rings (SSSR count). The van der Waals surface area contributed by atoms with Gasteiger partial charge in [-0.3, -0.25) is 4.79 Å². The zero-order valence-electron chi connectivity index (χ0n) is 10.7. The fourth-order valence-electron chi connectivity index (χ4n) is 1.90. The molecule has 1 aromatic heterocycles. The monoisotopic (exact) mass is 262 g/mol. The summed E-state index contributed by atoms with van der Waals surface area (Å²) >= 11 is 1.84. The molecule has 1 atom stereocenters. The Bertz CT molecular complexity index is 535. The van der Waals surface area contributed by atoms with E-state index in [1.165, 1.54) is 0 Å². The molecule has 1 amide bonds. The van der Waals surface area contributed by atoms with Crippen LogP contribution in [0.5, 0.6) is 0 Å². The minimum atomic E-state index is -0.00310. The molecule has 2 aromatic rings. The summed E-state index contributed by atoms with van der Waals surface area (Å²) < 4.78 is 0. The number of rotatable bonds is 5. The van der Waals surface area contributed by atoms with E-state index in [1.54, 1.807) is 6.20 Å². The van der Waals surface area contributed by atoms with E-state index >= 15 is 0 Å². The highest BCUT2D eigenvalue weighted by Gasteiger charge is 2.13.